The fourth-order valence-corrected chi connectivity index (χ4v) is 3.67. The van der Waals surface area contributed by atoms with Crippen LogP contribution in [0.5, 0.6) is 5.75 Å². The Morgan fingerprint density at radius 2 is 1.96 bits per heavy atom. The molecule has 0 saturated carbocycles. The lowest BCUT2D eigenvalue weighted by Crippen LogP contribution is -2.38. The number of nitrogens with one attached hydrogen (secondary N) is 3. The first-order chi connectivity index (χ1) is 13.1. The Morgan fingerprint density at radius 3 is 2.67 bits per heavy atom. The van der Waals surface area contributed by atoms with Gasteiger partial charge in [-0.1, -0.05) is 36.4 Å². The smallest absolute Gasteiger partial charge is 0.314 e. The second-order valence-corrected chi connectivity index (χ2v) is 7.03. The van der Waals surface area contributed by atoms with Gasteiger partial charge in [-0.25, -0.2) is 4.79 Å². The Kier molecular flexibility index (Phi) is 5.93. The summed E-state index contributed by atoms with van der Waals surface area (Å²) in [7, 11) is 0. The van der Waals surface area contributed by atoms with Gasteiger partial charge in [0.1, 0.15) is 17.7 Å². The van der Waals surface area contributed by atoms with Crippen LogP contribution in [0.4, 0.5) is 4.79 Å². The van der Waals surface area contributed by atoms with Crippen LogP contribution in [-0.2, 0) is 0 Å². The Morgan fingerprint density at radius 1 is 1.19 bits per heavy atom. The highest BCUT2D eigenvalue weighted by molar-refractivity contribution is 7.20. The number of amides is 2. The van der Waals surface area contributed by atoms with Crippen LogP contribution in [0.15, 0.2) is 54.6 Å². The summed E-state index contributed by atoms with van der Waals surface area (Å²) < 4.78 is 7.29. The van der Waals surface area contributed by atoms with E-state index in [0.29, 0.717) is 23.7 Å². The number of carbonyl (C=O) groups is 1. The molecule has 0 spiro atoms. The van der Waals surface area contributed by atoms with E-state index in [-0.39, 0.29) is 18.0 Å². The van der Waals surface area contributed by atoms with Crippen LogP contribution in [0, 0.1) is 5.41 Å². The van der Waals surface area contributed by atoms with Crippen LogP contribution < -0.4 is 21.1 Å². The summed E-state index contributed by atoms with van der Waals surface area (Å²) in [4.78, 5) is 12.5. The monoisotopic (exact) mass is 382 g/mol. The van der Waals surface area contributed by atoms with E-state index < -0.39 is 0 Å². The molecule has 7 heteroatoms. The molecule has 1 unspecified atom stereocenters. The molecule has 0 aliphatic carbocycles. The largest absolute Gasteiger partial charge is 0.483 e. The zero-order valence-electron chi connectivity index (χ0n) is 15.0. The molecule has 0 bridgehead atoms. The highest BCUT2D eigenvalue weighted by Gasteiger charge is 2.17. The molecule has 1 aromatic heterocycles. The van der Waals surface area contributed by atoms with Crippen molar-refractivity contribution < 1.29 is 9.53 Å². The number of fused-ring (bicyclic) bond motifs is 1. The van der Waals surface area contributed by atoms with E-state index in [9.17, 15) is 4.79 Å². The molecular formula is C20H22N4O2S. The maximum absolute atomic E-state index is 11.8. The Balaban J connectivity index is 1.88. The number of benzene rings is 2. The van der Waals surface area contributed by atoms with Crippen molar-refractivity contribution in [3.63, 3.8) is 0 Å². The Bertz CT molecular complexity index is 940. The molecule has 3 aromatic rings. The van der Waals surface area contributed by atoms with E-state index in [0.717, 1.165) is 15.6 Å². The number of hydrogen-bond acceptors (Lipinski definition) is 4. The van der Waals surface area contributed by atoms with Crippen LogP contribution in [-0.4, -0.2) is 25.0 Å². The van der Waals surface area contributed by atoms with Crippen molar-refractivity contribution in [3.8, 4) is 5.75 Å². The van der Waals surface area contributed by atoms with E-state index in [1.807, 2.05) is 61.5 Å². The molecule has 27 heavy (non-hydrogen) atoms. The molecule has 140 valence electrons. The number of nitrogens with two attached hydrogens (primary N) is 1. The third kappa shape index (κ3) is 4.57. The van der Waals surface area contributed by atoms with Gasteiger partial charge in [0.25, 0.3) is 0 Å². The molecule has 0 fully saturated rings. The minimum absolute atomic E-state index is 0.0414. The number of amidine groups is 1. The lowest BCUT2D eigenvalue weighted by Gasteiger charge is -2.21. The van der Waals surface area contributed by atoms with E-state index in [2.05, 4.69) is 10.6 Å². The Labute approximate surface area is 161 Å². The molecule has 0 saturated heterocycles. The highest BCUT2D eigenvalue weighted by atomic mass is 32.1. The predicted molar refractivity (Wildman–Crippen MR) is 110 cm³/mol. The molecule has 3 rings (SSSR count). The summed E-state index contributed by atoms with van der Waals surface area (Å²) in [6, 6.07) is 17.2. The van der Waals surface area contributed by atoms with Gasteiger partial charge in [0.2, 0.25) is 0 Å². The lowest BCUT2D eigenvalue weighted by molar-refractivity contribution is 0.198. The molecule has 0 aliphatic heterocycles. The fourth-order valence-electron chi connectivity index (χ4n) is 2.73. The third-order valence-electron chi connectivity index (χ3n) is 4.01. The number of nitrogen functional groups attached to an aromatic ring is 1. The first-order valence-electron chi connectivity index (χ1n) is 8.68. The van der Waals surface area contributed by atoms with Gasteiger partial charge in [-0.05, 0) is 30.7 Å². The van der Waals surface area contributed by atoms with E-state index >= 15 is 0 Å². The summed E-state index contributed by atoms with van der Waals surface area (Å²) in [5.41, 5.74) is 6.59. The first kappa shape index (κ1) is 18.7. The number of thiophene rings is 1. The average Bonchev–Trinajstić information content (AvgIpc) is 3.11. The van der Waals surface area contributed by atoms with Crippen molar-refractivity contribution in [2.45, 2.75) is 13.0 Å². The lowest BCUT2D eigenvalue weighted by atomic mass is 10.1. The van der Waals surface area contributed by atoms with Gasteiger partial charge in [0.15, 0.2) is 0 Å². The Hall–Kier alpha value is -3.06. The summed E-state index contributed by atoms with van der Waals surface area (Å²) in [5, 5.41) is 14.1. The minimum Gasteiger partial charge on any atom is -0.483 e. The van der Waals surface area contributed by atoms with Gasteiger partial charge < -0.3 is 21.1 Å². The van der Waals surface area contributed by atoms with Crippen LogP contribution in [0.3, 0.4) is 0 Å². The molecule has 6 nitrogen and oxygen atoms in total. The minimum atomic E-state index is -0.347. The fraction of sp³-hybridized carbons (Fsp3) is 0.200. The molecule has 0 radical (unpaired) electrons. The quantitative estimate of drug-likeness (QED) is 0.371. The van der Waals surface area contributed by atoms with Crippen molar-refractivity contribution in [2.75, 3.05) is 13.1 Å². The second kappa shape index (κ2) is 8.55. The van der Waals surface area contributed by atoms with E-state index in [4.69, 9.17) is 15.9 Å². The number of carbonyl (C=O) groups excluding carboxylic acids is 1. The van der Waals surface area contributed by atoms with Crippen LogP contribution in [0.25, 0.3) is 10.1 Å². The van der Waals surface area contributed by atoms with Gasteiger partial charge in [-0.2, -0.15) is 0 Å². The molecule has 2 amide bonds. The van der Waals surface area contributed by atoms with Gasteiger partial charge >= 0.3 is 6.03 Å². The molecule has 1 heterocycles. The SMILES string of the molecule is CCNC(=O)NCC(Oc1cccc2sc(C(=N)N)cc12)c1ccccc1. The summed E-state index contributed by atoms with van der Waals surface area (Å²) in [6.45, 7) is 2.76. The van der Waals surface area contributed by atoms with Crippen LogP contribution >= 0.6 is 11.3 Å². The predicted octanol–water partition coefficient (Wildman–Crippen LogP) is 3.62. The second-order valence-electron chi connectivity index (χ2n) is 5.95. The van der Waals surface area contributed by atoms with Gasteiger partial charge in [-0.15, -0.1) is 11.3 Å². The van der Waals surface area contributed by atoms with Crippen molar-refractivity contribution in [1.29, 1.82) is 5.41 Å². The standard InChI is InChI=1S/C20H22N4O2S/c1-2-23-20(25)24-12-16(13-7-4-3-5-8-13)26-15-9-6-10-17-14(15)11-18(27-17)19(21)22/h3-11,16H,2,12H2,1H3,(H3,21,22)(H2,23,24,25). The first-order valence-corrected chi connectivity index (χ1v) is 9.50. The van der Waals surface area contributed by atoms with Crippen molar-refractivity contribution in [2.24, 2.45) is 5.73 Å². The normalized spacial score (nSPS) is 11.7. The molecule has 5 N–H and O–H groups in total. The van der Waals surface area contributed by atoms with E-state index in [1.165, 1.54) is 11.3 Å². The summed E-state index contributed by atoms with van der Waals surface area (Å²) in [6.07, 6.45) is -0.347. The zero-order chi connectivity index (χ0) is 19.2. The number of hydrogen-bond donors (Lipinski definition) is 4. The van der Waals surface area contributed by atoms with Crippen LogP contribution in [0.1, 0.15) is 23.5 Å². The van der Waals surface area contributed by atoms with Crippen molar-refractivity contribution >= 4 is 33.3 Å². The molecule has 0 aliphatic rings. The topological polar surface area (TPSA) is 100 Å². The number of ether oxygens (including phenoxy) is 1. The number of rotatable bonds is 7. The average molecular weight is 382 g/mol. The third-order valence-corrected chi connectivity index (χ3v) is 5.15. The molecule has 1 atom stereocenters. The maximum Gasteiger partial charge on any atom is 0.314 e. The highest BCUT2D eigenvalue weighted by Crippen LogP contribution is 2.34. The van der Waals surface area contributed by atoms with E-state index in [1.54, 1.807) is 0 Å². The summed E-state index contributed by atoms with van der Waals surface area (Å²) in [5.74, 6) is 0.738. The summed E-state index contributed by atoms with van der Waals surface area (Å²) >= 11 is 1.46. The van der Waals surface area contributed by atoms with Crippen LogP contribution in [0.2, 0.25) is 0 Å². The maximum atomic E-state index is 11.8. The van der Waals surface area contributed by atoms with Crippen molar-refractivity contribution in [1.82, 2.24) is 10.6 Å². The van der Waals surface area contributed by atoms with Gasteiger partial charge in [0, 0.05) is 16.6 Å². The zero-order valence-corrected chi connectivity index (χ0v) is 15.8. The van der Waals surface area contributed by atoms with Gasteiger partial charge in [0.05, 0.1) is 11.4 Å². The molecule has 2 aromatic carbocycles. The van der Waals surface area contributed by atoms with Crippen molar-refractivity contribution in [3.05, 3.63) is 65.0 Å². The molecular weight excluding hydrogens is 360 g/mol. The van der Waals surface area contributed by atoms with Gasteiger partial charge in [-0.3, -0.25) is 5.41 Å². The number of urea groups is 1.